The number of hydrogen-bond donors (Lipinski definition) is 0. The Hall–Kier alpha value is -3.49. The second-order valence-corrected chi connectivity index (χ2v) is 8.78. The number of halogens is 4. The van der Waals surface area contributed by atoms with E-state index in [-0.39, 0.29) is 28.6 Å². The molecule has 1 fully saturated rings. The molecule has 2 aromatic carbocycles. The van der Waals surface area contributed by atoms with E-state index in [9.17, 15) is 27.2 Å². The van der Waals surface area contributed by atoms with Crippen LogP contribution in [0.5, 0.6) is 0 Å². The quantitative estimate of drug-likeness (QED) is 0.521. The molecular formula is C25H21F4N3O2. The summed E-state index contributed by atoms with van der Waals surface area (Å²) in [6.07, 6.45) is -2.04. The van der Waals surface area contributed by atoms with Gasteiger partial charge >= 0.3 is 6.18 Å². The summed E-state index contributed by atoms with van der Waals surface area (Å²) in [5, 5.41) is 4.29. The van der Waals surface area contributed by atoms with Crippen LogP contribution < -0.4 is 5.43 Å². The lowest BCUT2D eigenvalue weighted by Gasteiger charge is -2.43. The van der Waals surface area contributed by atoms with Crippen molar-refractivity contribution < 1.29 is 22.4 Å². The molecule has 0 radical (unpaired) electrons. The third kappa shape index (κ3) is 3.59. The van der Waals surface area contributed by atoms with E-state index in [1.165, 1.54) is 22.9 Å². The van der Waals surface area contributed by atoms with Crippen LogP contribution in [0.4, 0.5) is 17.6 Å². The number of carbonyl (C=O) groups is 1. The lowest BCUT2D eigenvalue weighted by Crippen LogP contribution is -2.51. The van der Waals surface area contributed by atoms with E-state index >= 15 is 0 Å². The highest BCUT2D eigenvalue weighted by Crippen LogP contribution is 2.46. The van der Waals surface area contributed by atoms with Crippen molar-refractivity contribution >= 4 is 5.91 Å². The fourth-order valence-electron chi connectivity index (χ4n) is 5.27. The van der Waals surface area contributed by atoms with Crippen LogP contribution in [0.1, 0.15) is 57.5 Å². The first-order valence-electron chi connectivity index (χ1n) is 11.0. The van der Waals surface area contributed by atoms with Crippen molar-refractivity contribution in [3.05, 3.63) is 98.7 Å². The lowest BCUT2D eigenvalue weighted by molar-refractivity contribution is -0.137. The Morgan fingerprint density at radius 3 is 2.50 bits per heavy atom. The fourth-order valence-corrected chi connectivity index (χ4v) is 5.27. The Balaban J connectivity index is 1.77. The molecule has 9 heteroatoms. The Morgan fingerprint density at radius 1 is 1.06 bits per heavy atom. The minimum atomic E-state index is -4.54. The van der Waals surface area contributed by atoms with Gasteiger partial charge in [-0.2, -0.15) is 18.3 Å². The van der Waals surface area contributed by atoms with Crippen molar-refractivity contribution in [2.45, 2.75) is 43.9 Å². The van der Waals surface area contributed by atoms with Gasteiger partial charge in [0.1, 0.15) is 11.5 Å². The SMILES string of the molecule is Cc1c2n(ncc1=O)[C@@H]([C@@H](c1ccc(F)cc1)c1cccc(C(F)(F)F)c1)[C@H]1CCCN1C2=O. The van der Waals surface area contributed by atoms with Gasteiger partial charge in [0.25, 0.3) is 5.91 Å². The molecule has 0 N–H and O–H groups in total. The van der Waals surface area contributed by atoms with Crippen molar-refractivity contribution in [1.82, 2.24) is 14.7 Å². The third-order valence-electron chi connectivity index (χ3n) is 6.84. The van der Waals surface area contributed by atoms with Crippen LogP contribution in [0.25, 0.3) is 0 Å². The largest absolute Gasteiger partial charge is 0.416 e. The van der Waals surface area contributed by atoms with E-state index in [2.05, 4.69) is 5.10 Å². The average molecular weight is 471 g/mol. The molecule has 34 heavy (non-hydrogen) atoms. The molecule has 5 nitrogen and oxygen atoms in total. The fraction of sp³-hybridized carbons (Fsp3) is 0.320. The van der Waals surface area contributed by atoms with Gasteiger partial charge in [0, 0.05) is 18.0 Å². The lowest BCUT2D eigenvalue weighted by atomic mass is 9.79. The molecular weight excluding hydrogens is 450 g/mol. The molecule has 1 aromatic heterocycles. The van der Waals surface area contributed by atoms with Gasteiger partial charge in [0.15, 0.2) is 0 Å². The second kappa shape index (κ2) is 8.07. The number of hydrogen-bond acceptors (Lipinski definition) is 3. The minimum Gasteiger partial charge on any atom is -0.332 e. The first-order valence-corrected chi connectivity index (χ1v) is 11.0. The van der Waals surface area contributed by atoms with Gasteiger partial charge < -0.3 is 4.90 Å². The summed E-state index contributed by atoms with van der Waals surface area (Å²) in [5.41, 5.74) is 0.185. The number of fused-ring (bicyclic) bond motifs is 2. The predicted octanol–water partition coefficient (Wildman–Crippen LogP) is 4.70. The Morgan fingerprint density at radius 2 is 1.79 bits per heavy atom. The summed E-state index contributed by atoms with van der Waals surface area (Å²) in [7, 11) is 0. The predicted molar refractivity (Wildman–Crippen MR) is 116 cm³/mol. The normalized spacial score (nSPS) is 20.7. The van der Waals surface area contributed by atoms with Crippen LogP contribution in [0.3, 0.4) is 0 Å². The molecule has 3 aromatic rings. The smallest absolute Gasteiger partial charge is 0.332 e. The molecule has 3 heterocycles. The minimum absolute atomic E-state index is 0.148. The Kier molecular flexibility index (Phi) is 5.30. The monoisotopic (exact) mass is 471 g/mol. The third-order valence-corrected chi connectivity index (χ3v) is 6.84. The van der Waals surface area contributed by atoms with E-state index in [1.807, 2.05) is 0 Å². The van der Waals surface area contributed by atoms with E-state index < -0.39 is 29.5 Å². The zero-order valence-electron chi connectivity index (χ0n) is 18.2. The number of benzene rings is 2. The van der Waals surface area contributed by atoms with Crippen molar-refractivity contribution in [3.8, 4) is 0 Å². The Bertz CT molecular complexity index is 1320. The van der Waals surface area contributed by atoms with E-state index in [1.54, 1.807) is 30.0 Å². The maximum absolute atomic E-state index is 13.8. The number of rotatable bonds is 3. The number of nitrogens with zero attached hydrogens (tertiary/aromatic N) is 3. The molecule has 5 rings (SSSR count). The molecule has 0 bridgehead atoms. The zero-order valence-corrected chi connectivity index (χ0v) is 18.2. The number of carbonyl (C=O) groups excluding carboxylic acids is 1. The first-order chi connectivity index (χ1) is 16.2. The van der Waals surface area contributed by atoms with Crippen molar-refractivity contribution in [1.29, 1.82) is 0 Å². The summed E-state index contributed by atoms with van der Waals surface area (Å²) in [4.78, 5) is 27.3. The number of amides is 1. The maximum Gasteiger partial charge on any atom is 0.416 e. The van der Waals surface area contributed by atoms with Crippen LogP contribution in [0, 0.1) is 12.7 Å². The van der Waals surface area contributed by atoms with Crippen molar-refractivity contribution in [2.75, 3.05) is 6.54 Å². The van der Waals surface area contributed by atoms with Crippen LogP contribution >= 0.6 is 0 Å². The molecule has 0 saturated carbocycles. The Labute approximate surface area is 192 Å². The summed E-state index contributed by atoms with van der Waals surface area (Å²) in [6, 6.07) is 9.76. The van der Waals surface area contributed by atoms with E-state index in [4.69, 9.17) is 0 Å². The van der Waals surface area contributed by atoms with Gasteiger partial charge in [-0.05, 0) is 49.1 Å². The zero-order chi connectivity index (χ0) is 24.2. The van der Waals surface area contributed by atoms with Crippen LogP contribution in [0.2, 0.25) is 0 Å². The van der Waals surface area contributed by atoms with E-state index in [0.717, 1.165) is 24.8 Å². The van der Waals surface area contributed by atoms with Gasteiger partial charge in [0.2, 0.25) is 5.43 Å². The summed E-state index contributed by atoms with van der Waals surface area (Å²) >= 11 is 0. The molecule has 3 atom stereocenters. The molecule has 0 aliphatic carbocycles. The molecule has 176 valence electrons. The van der Waals surface area contributed by atoms with Gasteiger partial charge in [0.05, 0.1) is 23.8 Å². The van der Waals surface area contributed by atoms with Gasteiger partial charge in [-0.25, -0.2) is 4.39 Å². The summed E-state index contributed by atoms with van der Waals surface area (Å²) in [6.45, 7) is 2.04. The van der Waals surface area contributed by atoms with Crippen LogP contribution in [-0.4, -0.2) is 33.2 Å². The first kappa shape index (κ1) is 22.3. The van der Waals surface area contributed by atoms with Crippen LogP contribution in [0.15, 0.2) is 59.5 Å². The van der Waals surface area contributed by atoms with Gasteiger partial charge in [-0.1, -0.05) is 30.3 Å². The molecule has 1 amide bonds. The number of aromatic nitrogens is 2. The van der Waals surface area contributed by atoms with E-state index in [0.29, 0.717) is 24.1 Å². The van der Waals surface area contributed by atoms with Gasteiger partial charge in [-0.3, -0.25) is 14.3 Å². The average Bonchev–Trinajstić information content (AvgIpc) is 3.29. The summed E-state index contributed by atoms with van der Waals surface area (Å²) in [5.74, 6) is -1.44. The molecule has 2 aliphatic rings. The topological polar surface area (TPSA) is 55.2 Å². The number of alkyl halides is 3. The van der Waals surface area contributed by atoms with Crippen molar-refractivity contribution in [3.63, 3.8) is 0 Å². The highest BCUT2D eigenvalue weighted by Gasteiger charge is 2.47. The second-order valence-electron chi connectivity index (χ2n) is 8.78. The molecule has 0 spiro atoms. The molecule has 2 aliphatic heterocycles. The molecule has 0 unspecified atom stereocenters. The maximum atomic E-state index is 13.8. The highest BCUT2D eigenvalue weighted by atomic mass is 19.4. The van der Waals surface area contributed by atoms with Crippen molar-refractivity contribution in [2.24, 2.45) is 0 Å². The standard InChI is InChI=1S/C25H21F4N3O2/c1-14-20(33)13-30-32-22(14)24(34)31-11-3-6-19(31)23(32)21(15-7-9-18(26)10-8-15)16-4-2-5-17(12-16)25(27,28)29/h2,4-5,7-10,12-13,19,21,23H,3,6,11H2,1H3/t19-,21+,23-/m1/s1. The van der Waals surface area contributed by atoms with Crippen LogP contribution in [-0.2, 0) is 6.18 Å². The highest BCUT2D eigenvalue weighted by molar-refractivity contribution is 5.95. The summed E-state index contributed by atoms with van der Waals surface area (Å²) < 4.78 is 56.0. The van der Waals surface area contributed by atoms with Gasteiger partial charge in [-0.15, -0.1) is 0 Å². The molecule has 1 saturated heterocycles.